The average molecular weight is 575 g/mol. The van der Waals surface area contributed by atoms with E-state index in [0.29, 0.717) is 12.0 Å². The Morgan fingerprint density at radius 2 is 1.88 bits per heavy atom. The summed E-state index contributed by atoms with van der Waals surface area (Å²) in [5, 5.41) is 3.53. The molecule has 4 rings (SSSR count). The average Bonchev–Trinajstić information content (AvgIpc) is 3.48. The summed E-state index contributed by atoms with van der Waals surface area (Å²) < 4.78 is 22.4. The van der Waals surface area contributed by atoms with Gasteiger partial charge in [0.05, 0.1) is 46.6 Å². The number of hydrogen-bond acceptors (Lipinski definition) is 6. The summed E-state index contributed by atoms with van der Waals surface area (Å²) >= 11 is 0. The van der Waals surface area contributed by atoms with Crippen LogP contribution in [0.15, 0.2) is 23.2 Å². The molecule has 8 nitrogen and oxygen atoms in total. The van der Waals surface area contributed by atoms with Crippen LogP contribution in [0.1, 0.15) is 31.4 Å². The van der Waals surface area contributed by atoms with Crippen LogP contribution in [0.25, 0.3) is 0 Å². The number of morpholine rings is 1. The molecule has 0 saturated carbocycles. The van der Waals surface area contributed by atoms with Crippen molar-refractivity contribution in [3.63, 3.8) is 0 Å². The van der Waals surface area contributed by atoms with E-state index in [4.69, 9.17) is 23.9 Å². The lowest BCUT2D eigenvalue weighted by atomic mass is 9.87. The summed E-state index contributed by atoms with van der Waals surface area (Å²) in [5.41, 5.74) is 1.50. The Balaban J connectivity index is 0.00000306. The molecule has 1 aromatic carbocycles. The Hall–Kier alpha value is -1.30. The summed E-state index contributed by atoms with van der Waals surface area (Å²) in [5.74, 6) is 2.51. The van der Waals surface area contributed by atoms with Crippen molar-refractivity contribution in [1.82, 2.24) is 15.1 Å². The molecule has 0 aromatic heterocycles. The first-order valence-electron chi connectivity index (χ1n) is 11.8. The van der Waals surface area contributed by atoms with E-state index in [1.165, 1.54) is 12.0 Å². The van der Waals surface area contributed by atoms with E-state index in [1.807, 2.05) is 6.07 Å². The van der Waals surface area contributed by atoms with Crippen molar-refractivity contribution in [2.75, 3.05) is 79.9 Å². The largest absolute Gasteiger partial charge is 0.493 e. The number of benzene rings is 1. The van der Waals surface area contributed by atoms with Crippen LogP contribution in [-0.2, 0) is 9.47 Å². The Kier molecular flexibility index (Phi) is 9.90. The van der Waals surface area contributed by atoms with E-state index in [9.17, 15) is 0 Å². The van der Waals surface area contributed by atoms with Gasteiger partial charge in [-0.3, -0.25) is 9.89 Å². The zero-order chi connectivity index (χ0) is 22.4. The molecule has 0 amide bonds. The highest BCUT2D eigenvalue weighted by Crippen LogP contribution is 2.38. The predicted molar refractivity (Wildman–Crippen MR) is 140 cm³/mol. The van der Waals surface area contributed by atoms with E-state index >= 15 is 0 Å². The first-order valence-corrected chi connectivity index (χ1v) is 11.8. The topological polar surface area (TPSA) is 67.8 Å². The van der Waals surface area contributed by atoms with E-state index in [-0.39, 0.29) is 30.0 Å². The second-order valence-corrected chi connectivity index (χ2v) is 8.95. The van der Waals surface area contributed by atoms with Crippen molar-refractivity contribution in [3.05, 3.63) is 23.8 Å². The second kappa shape index (κ2) is 12.4. The number of methoxy groups -OCH3 is 2. The van der Waals surface area contributed by atoms with Crippen LogP contribution in [0.5, 0.6) is 11.5 Å². The molecule has 2 unspecified atom stereocenters. The third-order valence-corrected chi connectivity index (χ3v) is 6.95. The maximum Gasteiger partial charge on any atom is 0.194 e. The van der Waals surface area contributed by atoms with E-state index in [1.54, 1.807) is 14.2 Å². The number of nitrogens with one attached hydrogen (secondary N) is 1. The highest BCUT2D eigenvalue weighted by atomic mass is 127. The van der Waals surface area contributed by atoms with Crippen LogP contribution < -0.4 is 14.8 Å². The van der Waals surface area contributed by atoms with Gasteiger partial charge in [0.15, 0.2) is 17.5 Å². The fourth-order valence-electron chi connectivity index (χ4n) is 5.07. The van der Waals surface area contributed by atoms with Crippen LogP contribution >= 0.6 is 24.0 Å². The van der Waals surface area contributed by atoms with Gasteiger partial charge in [-0.25, -0.2) is 0 Å². The van der Waals surface area contributed by atoms with Crippen LogP contribution in [0.3, 0.4) is 0 Å². The normalized spacial score (nSPS) is 24.6. The molecular weight excluding hydrogens is 535 g/mol. The fraction of sp³-hybridized carbons (Fsp3) is 0.708. The number of aliphatic imine (C=N–C) groups is 1. The minimum Gasteiger partial charge on any atom is -0.493 e. The number of ether oxygens (including phenoxy) is 4. The number of hydrogen-bond donors (Lipinski definition) is 1. The number of likely N-dealkylation sites (tertiary alicyclic amines) is 1. The Labute approximate surface area is 215 Å². The van der Waals surface area contributed by atoms with Crippen molar-refractivity contribution in [3.8, 4) is 11.5 Å². The van der Waals surface area contributed by atoms with Crippen molar-refractivity contribution in [1.29, 1.82) is 0 Å². The SMILES string of the molecule is CCNC(=NCC(c1ccc(OC)c(OC)c1)N1CCOCC1)N1CCC2(CCOC2)C1.I. The maximum absolute atomic E-state index is 5.72. The van der Waals surface area contributed by atoms with Gasteiger partial charge < -0.3 is 29.2 Å². The first-order chi connectivity index (χ1) is 15.7. The van der Waals surface area contributed by atoms with Gasteiger partial charge >= 0.3 is 0 Å². The van der Waals surface area contributed by atoms with Crippen molar-refractivity contribution < 1.29 is 18.9 Å². The highest BCUT2D eigenvalue weighted by molar-refractivity contribution is 14.0. The molecule has 1 spiro atoms. The standard InChI is InChI=1S/C24H38N4O4.HI/c1-4-25-23(28-9-7-24(17-28)8-12-32-18-24)26-16-20(27-10-13-31-14-11-27)19-5-6-21(29-2)22(15-19)30-3;/h5-6,15,20H,4,7-14,16-18H2,1-3H3,(H,25,26);1H. The summed E-state index contributed by atoms with van der Waals surface area (Å²) in [6, 6.07) is 6.35. The summed E-state index contributed by atoms with van der Waals surface area (Å²) in [4.78, 5) is 10.0. The van der Waals surface area contributed by atoms with Crippen LogP contribution in [0.4, 0.5) is 0 Å². The van der Waals surface area contributed by atoms with Gasteiger partial charge in [0.2, 0.25) is 0 Å². The number of halogens is 1. The highest BCUT2D eigenvalue weighted by Gasteiger charge is 2.42. The monoisotopic (exact) mass is 574 g/mol. The Morgan fingerprint density at radius 1 is 1.09 bits per heavy atom. The molecular formula is C24H39IN4O4. The predicted octanol–water partition coefficient (Wildman–Crippen LogP) is 2.77. The molecule has 3 aliphatic heterocycles. The lowest BCUT2D eigenvalue weighted by Gasteiger charge is -2.34. The van der Waals surface area contributed by atoms with Crippen molar-refractivity contribution in [2.45, 2.75) is 25.8 Å². The third kappa shape index (κ3) is 6.23. The molecule has 33 heavy (non-hydrogen) atoms. The molecule has 1 aromatic rings. The minimum absolute atomic E-state index is 0. The molecule has 3 aliphatic rings. The lowest BCUT2D eigenvalue weighted by molar-refractivity contribution is 0.0179. The quantitative estimate of drug-likeness (QED) is 0.305. The van der Waals surface area contributed by atoms with Crippen LogP contribution in [0, 0.1) is 5.41 Å². The van der Waals surface area contributed by atoms with Crippen LogP contribution in [-0.4, -0.2) is 95.7 Å². The van der Waals surface area contributed by atoms with Gasteiger partial charge in [-0.2, -0.15) is 0 Å². The van der Waals surface area contributed by atoms with E-state index in [0.717, 1.165) is 83.0 Å². The Bertz CT molecular complexity index is 782. The smallest absolute Gasteiger partial charge is 0.194 e. The van der Waals surface area contributed by atoms with Gasteiger partial charge in [-0.05, 0) is 37.5 Å². The molecule has 3 saturated heterocycles. The molecule has 9 heteroatoms. The minimum atomic E-state index is 0. The summed E-state index contributed by atoms with van der Waals surface area (Å²) in [7, 11) is 3.35. The van der Waals surface area contributed by atoms with Gasteiger partial charge in [0.25, 0.3) is 0 Å². The molecule has 0 bridgehead atoms. The summed E-state index contributed by atoms with van der Waals surface area (Å²) in [6.07, 6.45) is 2.34. The number of nitrogens with zero attached hydrogens (tertiary/aromatic N) is 3. The van der Waals surface area contributed by atoms with E-state index in [2.05, 4.69) is 34.2 Å². The molecule has 0 radical (unpaired) electrons. The van der Waals surface area contributed by atoms with E-state index < -0.39 is 0 Å². The zero-order valence-corrected chi connectivity index (χ0v) is 22.5. The lowest BCUT2D eigenvalue weighted by Crippen LogP contribution is -2.43. The number of rotatable bonds is 7. The first kappa shape index (κ1) is 26.3. The van der Waals surface area contributed by atoms with Crippen molar-refractivity contribution in [2.24, 2.45) is 10.4 Å². The molecule has 3 fully saturated rings. The maximum atomic E-state index is 5.72. The van der Waals surface area contributed by atoms with Gasteiger partial charge in [0.1, 0.15) is 0 Å². The van der Waals surface area contributed by atoms with Gasteiger partial charge in [0, 0.05) is 44.7 Å². The van der Waals surface area contributed by atoms with Crippen LogP contribution in [0.2, 0.25) is 0 Å². The molecule has 1 N–H and O–H groups in total. The third-order valence-electron chi connectivity index (χ3n) is 6.95. The molecule has 2 atom stereocenters. The molecule has 186 valence electrons. The van der Waals surface area contributed by atoms with Crippen molar-refractivity contribution >= 4 is 29.9 Å². The molecule has 0 aliphatic carbocycles. The fourth-order valence-corrected chi connectivity index (χ4v) is 5.07. The van der Waals surface area contributed by atoms with Gasteiger partial charge in [-0.1, -0.05) is 6.07 Å². The zero-order valence-electron chi connectivity index (χ0n) is 20.2. The Morgan fingerprint density at radius 3 is 2.55 bits per heavy atom. The summed E-state index contributed by atoms with van der Waals surface area (Å²) in [6.45, 7) is 10.8. The van der Waals surface area contributed by atoms with Gasteiger partial charge in [-0.15, -0.1) is 24.0 Å². The molecule has 3 heterocycles. The second-order valence-electron chi connectivity index (χ2n) is 8.95. The number of guanidine groups is 1.